The van der Waals surface area contributed by atoms with E-state index in [1.807, 2.05) is 13.8 Å². The summed E-state index contributed by atoms with van der Waals surface area (Å²) in [4.78, 5) is 4.12. The maximum atomic E-state index is 13.5. The summed E-state index contributed by atoms with van der Waals surface area (Å²) in [5.74, 6) is -0.504. The van der Waals surface area contributed by atoms with Crippen molar-refractivity contribution in [1.82, 2.24) is 20.1 Å². The molecule has 0 unspecified atom stereocenters. The van der Waals surface area contributed by atoms with Crippen LogP contribution in [0.25, 0.3) is 0 Å². The van der Waals surface area contributed by atoms with Crippen molar-refractivity contribution in [2.45, 2.75) is 33.0 Å². The number of hydrogen-bond acceptors (Lipinski definition) is 3. The summed E-state index contributed by atoms with van der Waals surface area (Å²) < 4.78 is 27.8. The lowest BCUT2D eigenvalue weighted by Gasteiger charge is -2.05. The van der Waals surface area contributed by atoms with E-state index < -0.39 is 11.6 Å². The topological polar surface area (TPSA) is 42.7 Å². The zero-order valence-corrected chi connectivity index (χ0v) is 10.9. The minimum Gasteiger partial charge on any atom is -0.308 e. The number of aromatic nitrogens is 3. The lowest BCUT2D eigenvalue weighted by molar-refractivity contribution is 0.549. The molecule has 0 amide bonds. The summed E-state index contributed by atoms with van der Waals surface area (Å²) in [5.41, 5.74) is 0.384. The molecule has 0 aliphatic carbocycles. The van der Waals surface area contributed by atoms with Crippen molar-refractivity contribution in [3.63, 3.8) is 0 Å². The average Bonchev–Trinajstić information content (AvgIpc) is 2.78. The zero-order chi connectivity index (χ0) is 13.8. The van der Waals surface area contributed by atoms with E-state index in [0.717, 1.165) is 6.07 Å². The Balaban J connectivity index is 2.03. The maximum absolute atomic E-state index is 13.5. The van der Waals surface area contributed by atoms with Crippen molar-refractivity contribution in [3.8, 4) is 0 Å². The molecule has 0 saturated heterocycles. The Labute approximate surface area is 110 Å². The SMILES string of the molecule is CC(C)NCc1ncn(Cc2ccc(F)cc2F)n1. The molecule has 102 valence electrons. The first-order chi connectivity index (χ1) is 9.04. The minimum absolute atomic E-state index is 0.237. The van der Waals surface area contributed by atoms with E-state index in [0.29, 0.717) is 24.0 Å². The Morgan fingerprint density at radius 3 is 2.79 bits per heavy atom. The molecular formula is C13H16F2N4. The highest BCUT2D eigenvalue weighted by molar-refractivity contribution is 5.18. The fourth-order valence-corrected chi connectivity index (χ4v) is 1.61. The molecule has 0 aliphatic rings. The molecule has 0 atom stereocenters. The number of nitrogens with zero attached hydrogens (tertiary/aromatic N) is 3. The molecule has 2 rings (SSSR count). The Morgan fingerprint density at radius 2 is 2.11 bits per heavy atom. The monoisotopic (exact) mass is 266 g/mol. The largest absolute Gasteiger partial charge is 0.308 e. The van der Waals surface area contributed by atoms with Crippen LogP contribution in [0.5, 0.6) is 0 Å². The van der Waals surface area contributed by atoms with Crippen molar-refractivity contribution in [3.05, 3.63) is 47.5 Å². The Kier molecular flexibility index (Phi) is 4.21. The van der Waals surface area contributed by atoms with E-state index in [1.54, 1.807) is 6.33 Å². The lowest BCUT2D eigenvalue weighted by Crippen LogP contribution is -2.22. The Bertz CT molecular complexity index is 551. The highest BCUT2D eigenvalue weighted by Crippen LogP contribution is 2.10. The van der Waals surface area contributed by atoms with Gasteiger partial charge in [0, 0.05) is 17.7 Å². The third-order valence-corrected chi connectivity index (χ3v) is 2.60. The quantitative estimate of drug-likeness (QED) is 0.901. The minimum atomic E-state index is -0.582. The van der Waals surface area contributed by atoms with Gasteiger partial charge in [0.25, 0.3) is 0 Å². The normalized spacial score (nSPS) is 11.2. The van der Waals surface area contributed by atoms with Crippen LogP contribution >= 0.6 is 0 Å². The fourth-order valence-electron chi connectivity index (χ4n) is 1.61. The second kappa shape index (κ2) is 5.88. The number of halogens is 2. The number of hydrogen-bond donors (Lipinski definition) is 1. The molecule has 6 heteroatoms. The first kappa shape index (κ1) is 13.6. The standard InChI is InChI=1S/C13H16F2N4/c1-9(2)16-6-13-17-8-19(18-13)7-10-3-4-11(14)5-12(10)15/h3-5,8-9,16H,6-7H2,1-2H3. The number of benzene rings is 1. The molecule has 0 aliphatic heterocycles. The van der Waals surface area contributed by atoms with Crippen molar-refractivity contribution in [1.29, 1.82) is 0 Å². The third kappa shape index (κ3) is 3.82. The summed E-state index contributed by atoms with van der Waals surface area (Å²) in [6.07, 6.45) is 1.54. The highest BCUT2D eigenvalue weighted by atomic mass is 19.1. The van der Waals surface area contributed by atoms with Crippen LogP contribution in [-0.2, 0) is 13.1 Å². The molecule has 4 nitrogen and oxygen atoms in total. The molecule has 1 aromatic carbocycles. The molecule has 1 N–H and O–H groups in total. The average molecular weight is 266 g/mol. The second-order valence-electron chi connectivity index (χ2n) is 4.63. The highest BCUT2D eigenvalue weighted by Gasteiger charge is 2.07. The van der Waals surface area contributed by atoms with Crippen LogP contribution in [0.3, 0.4) is 0 Å². The second-order valence-corrected chi connectivity index (χ2v) is 4.63. The van der Waals surface area contributed by atoms with Gasteiger partial charge in [-0.15, -0.1) is 0 Å². The molecule has 0 fully saturated rings. The zero-order valence-electron chi connectivity index (χ0n) is 10.9. The summed E-state index contributed by atoms with van der Waals surface area (Å²) in [6.45, 7) is 4.87. The van der Waals surface area contributed by atoms with E-state index in [9.17, 15) is 8.78 Å². The van der Waals surface area contributed by atoms with E-state index in [4.69, 9.17) is 0 Å². The predicted octanol–water partition coefficient (Wildman–Crippen LogP) is 2.10. The smallest absolute Gasteiger partial charge is 0.164 e. The van der Waals surface area contributed by atoms with Gasteiger partial charge in [-0.25, -0.2) is 18.4 Å². The summed E-state index contributed by atoms with van der Waals surface area (Å²) in [5, 5.41) is 7.42. The van der Waals surface area contributed by atoms with E-state index in [2.05, 4.69) is 15.4 Å². The van der Waals surface area contributed by atoms with Gasteiger partial charge in [0.05, 0.1) is 13.1 Å². The van der Waals surface area contributed by atoms with Gasteiger partial charge >= 0.3 is 0 Å². The lowest BCUT2D eigenvalue weighted by atomic mass is 10.2. The summed E-state index contributed by atoms with van der Waals surface area (Å²) in [6, 6.07) is 3.86. The van der Waals surface area contributed by atoms with Crippen LogP contribution in [0.1, 0.15) is 25.2 Å². The van der Waals surface area contributed by atoms with Gasteiger partial charge in [0.2, 0.25) is 0 Å². The molecule has 1 heterocycles. The van der Waals surface area contributed by atoms with Crippen molar-refractivity contribution in [2.75, 3.05) is 0 Å². The van der Waals surface area contributed by atoms with E-state index in [-0.39, 0.29) is 6.54 Å². The molecule has 0 spiro atoms. The van der Waals surface area contributed by atoms with Gasteiger partial charge in [0.15, 0.2) is 5.82 Å². The summed E-state index contributed by atoms with van der Waals surface area (Å²) >= 11 is 0. The predicted molar refractivity (Wildman–Crippen MR) is 67.5 cm³/mol. The molecule has 0 saturated carbocycles. The van der Waals surface area contributed by atoms with Gasteiger partial charge in [-0.1, -0.05) is 19.9 Å². The van der Waals surface area contributed by atoms with Gasteiger partial charge in [0.1, 0.15) is 18.0 Å². The van der Waals surface area contributed by atoms with Crippen LogP contribution in [0, 0.1) is 11.6 Å². The van der Waals surface area contributed by atoms with Gasteiger partial charge in [-0.05, 0) is 6.07 Å². The van der Waals surface area contributed by atoms with Crippen molar-refractivity contribution < 1.29 is 8.78 Å². The molecular weight excluding hydrogens is 250 g/mol. The number of nitrogens with one attached hydrogen (secondary N) is 1. The van der Waals surface area contributed by atoms with Crippen LogP contribution in [0.2, 0.25) is 0 Å². The molecule has 19 heavy (non-hydrogen) atoms. The van der Waals surface area contributed by atoms with E-state index >= 15 is 0 Å². The summed E-state index contributed by atoms with van der Waals surface area (Å²) in [7, 11) is 0. The molecule has 1 aromatic heterocycles. The Hall–Kier alpha value is -1.82. The maximum Gasteiger partial charge on any atom is 0.164 e. The number of rotatable bonds is 5. The van der Waals surface area contributed by atoms with Crippen LogP contribution < -0.4 is 5.32 Å². The fraction of sp³-hybridized carbons (Fsp3) is 0.385. The third-order valence-electron chi connectivity index (χ3n) is 2.60. The van der Waals surface area contributed by atoms with Gasteiger partial charge < -0.3 is 5.32 Å². The molecule has 0 bridgehead atoms. The van der Waals surface area contributed by atoms with Crippen LogP contribution in [0.4, 0.5) is 8.78 Å². The van der Waals surface area contributed by atoms with Gasteiger partial charge in [-0.3, -0.25) is 0 Å². The van der Waals surface area contributed by atoms with E-state index in [1.165, 1.54) is 16.8 Å². The van der Waals surface area contributed by atoms with Crippen molar-refractivity contribution in [2.24, 2.45) is 0 Å². The Morgan fingerprint density at radius 1 is 1.32 bits per heavy atom. The van der Waals surface area contributed by atoms with Gasteiger partial charge in [-0.2, -0.15) is 5.10 Å². The van der Waals surface area contributed by atoms with Crippen LogP contribution in [0.15, 0.2) is 24.5 Å². The first-order valence-corrected chi connectivity index (χ1v) is 6.10. The first-order valence-electron chi connectivity index (χ1n) is 6.10. The molecule has 0 radical (unpaired) electrons. The van der Waals surface area contributed by atoms with Crippen LogP contribution in [-0.4, -0.2) is 20.8 Å². The van der Waals surface area contributed by atoms with Crippen molar-refractivity contribution >= 4 is 0 Å². The molecule has 2 aromatic rings.